The van der Waals surface area contributed by atoms with E-state index in [0.717, 1.165) is 37.3 Å². The number of aryl methyl sites for hydroxylation is 1. The van der Waals surface area contributed by atoms with Gasteiger partial charge in [-0.1, -0.05) is 0 Å². The maximum Gasteiger partial charge on any atom is 0.224 e. The van der Waals surface area contributed by atoms with Gasteiger partial charge in [0, 0.05) is 43.8 Å². The molecule has 0 saturated carbocycles. The van der Waals surface area contributed by atoms with Gasteiger partial charge in [-0.05, 0) is 31.9 Å². The summed E-state index contributed by atoms with van der Waals surface area (Å²) < 4.78 is 0. The molecule has 3 N–H and O–H groups in total. The molecule has 0 bridgehead atoms. The first kappa shape index (κ1) is 13.8. The number of hydrogen-bond donors (Lipinski definition) is 2. The first-order valence-electron chi connectivity index (χ1n) is 6.86. The highest BCUT2D eigenvalue weighted by Crippen LogP contribution is 2.23. The molecule has 1 aliphatic heterocycles. The molecule has 0 aliphatic carbocycles. The standard InChI is InChI=1S/C14H22N4O/c1-11-9-13(4-6-16-11)18-8-2-3-12(10-18)14(19)17-7-5-15/h4,6,9,12H,2-3,5,7-8,10,15H2,1H3,(H,17,19). The second-order valence-electron chi connectivity index (χ2n) is 5.02. The Morgan fingerprint density at radius 3 is 3.21 bits per heavy atom. The number of pyridine rings is 1. The van der Waals surface area contributed by atoms with Crippen LogP contribution in [0.15, 0.2) is 18.3 Å². The van der Waals surface area contributed by atoms with Crippen LogP contribution < -0.4 is 16.0 Å². The number of aromatic nitrogens is 1. The van der Waals surface area contributed by atoms with Crippen LogP contribution in [-0.2, 0) is 4.79 Å². The Hall–Kier alpha value is -1.62. The molecule has 2 heterocycles. The second-order valence-corrected chi connectivity index (χ2v) is 5.02. The predicted octanol–water partition coefficient (Wildman–Crippen LogP) is 0.681. The van der Waals surface area contributed by atoms with Crippen molar-refractivity contribution < 1.29 is 4.79 Å². The average molecular weight is 262 g/mol. The minimum atomic E-state index is 0.0637. The van der Waals surface area contributed by atoms with E-state index in [0.29, 0.717) is 13.1 Å². The zero-order valence-electron chi connectivity index (χ0n) is 11.4. The first-order chi connectivity index (χ1) is 9.20. The number of nitrogens with zero attached hydrogens (tertiary/aromatic N) is 2. The summed E-state index contributed by atoms with van der Waals surface area (Å²) in [4.78, 5) is 18.5. The summed E-state index contributed by atoms with van der Waals surface area (Å²) in [5, 5.41) is 2.88. The fourth-order valence-electron chi connectivity index (χ4n) is 2.49. The van der Waals surface area contributed by atoms with Crippen molar-refractivity contribution in [2.75, 3.05) is 31.1 Å². The van der Waals surface area contributed by atoms with Gasteiger partial charge in [0.2, 0.25) is 5.91 Å². The molecule has 1 saturated heterocycles. The molecule has 2 rings (SSSR count). The largest absolute Gasteiger partial charge is 0.371 e. The van der Waals surface area contributed by atoms with Gasteiger partial charge in [-0.3, -0.25) is 9.78 Å². The van der Waals surface area contributed by atoms with Gasteiger partial charge in [0.05, 0.1) is 5.92 Å². The minimum absolute atomic E-state index is 0.0637. The van der Waals surface area contributed by atoms with Crippen molar-refractivity contribution in [2.45, 2.75) is 19.8 Å². The molecular weight excluding hydrogens is 240 g/mol. The van der Waals surface area contributed by atoms with Gasteiger partial charge in [-0.15, -0.1) is 0 Å². The Bertz CT molecular complexity index is 435. The van der Waals surface area contributed by atoms with Crippen LogP contribution in [0.3, 0.4) is 0 Å². The van der Waals surface area contributed by atoms with Gasteiger partial charge in [0.1, 0.15) is 0 Å². The molecule has 1 aromatic rings. The smallest absolute Gasteiger partial charge is 0.224 e. The SMILES string of the molecule is Cc1cc(N2CCCC(C(=O)NCCN)C2)ccn1. The number of carbonyl (C=O) groups excluding carboxylic acids is 1. The quantitative estimate of drug-likeness (QED) is 0.837. The van der Waals surface area contributed by atoms with Crippen LogP contribution >= 0.6 is 0 Å². The maximum absolute atomic E-state index is 12.0. The van der Waals surface area contributed by atoms with E-state index in [1.54, 1.807) is 0 Å². The average Bonchev–Trinajstić information content (AvgIpc) is 2.45. The van der Waals surface area contributed by atoms with Crippen LogP contribution in [0.4, 0.5) is 5.69 Å². The maximum atomic E-state index is 12.0. The van der Waals surface area contributed by atoms with Crippen molar-refractivity contribution in [1.29, 1.82) is 0 Å². The lowest BCUT2D eigenvalue weighted by Crippen LogP contribution is -2.44. The van der Waals surface area contributed by atoms with Gasteiger partial charge < -0.3 is 16.0 Å². The Morgan fingerprint density at radius 1 is 1.63 bits per heavy atom. The monoisotopic (exact) mass is 262 g/mol. The summed E-state index contributed by atoms with van der Waals surface area (Å²) in [6, 6.07) is 4.08. The fraction of sp³-hybridized carbons (Fsp3) is 0.571. The normalized spacial score (nSPS) is 19.3. The van der Waals surface area contributed by atoms with Crippen LogP contribution in [0.25, 0.3) is 0 Å². The highest BCUT2D eigenvalue weighted by atomic mass is 16.1. The number of hydrogen-bond acceptors (Lipinski definition) is 4. The number of piperidine rings is 1. The van der Waals surface area contributed by atoms with E-state index in [2.05, 4.69) is 21.3 Å². The van der Waals surface area contributed by atoms with Crippen LogP contribution in [0.1, 0.15) is 18.5 Å². The van der Waals surface area contributed by atoms with E-state index in [1.807, 2.05) is 19.2 Å². The molecule has 1 fully saturated rings. The third-order valence-electron chi connectivity index (χ3n) is 3.48. The van der Waals surface area contributed by atoms with Crippen LogP contribution in [0.5, 0.6) is 0 Å². The second kappa shape index (κ2) is 6.52. The number of nitrogens with one attached hydrogen (secondary N) is 1. The molecule has 1 aliphatic rings. The van der Waals surface area contributed by atoms with Crippen LogP contribution in [-0.4, -0.2) is 37.1 Å². The highest BCUT2D eigenvalue weighted by Gasteiger charge is 2.25. The fourth-order valence-corrected chi connectivity index (χ4v) is 2.49. The molecule has 5 heteroatoms. The zero-order chi connectivity index (χ0) is 13.7. The first-order valence-corrected chi connectivity index (χ1v) is 6.86. The number of rotatable bonds is 4. The van der Waals surface area contributed by atoms with Crippen LogP contribution in [0, 0.1) is 12.8 Å². The van der Waals surface area contributed by atoms with Crippen molar-refractivity contribution in [1.82, 2.24) is 10.3 Å². The number of anilines is 1. The molecular formula is C14H22N4O. The summed E-state index contributed by atoms with van der Waals surface area (Å²) in [5.41, 5.74) is 7.57. The summed E-state index contributed by atoms with van der Waals surface area (Å²) in [6.07, 6.45) is 3.82. The molecule has 0 aromatic carbocycles. The lowest BCUT2D eigenvalue weighted by molar-refractivity contribution is -0.125. The predicted molar refractivity (Wildman–Crippen MR) is 76.0 cm³/mol. The van der Waals surface area contributed by atoms with Crippen LogP contribution in [0.2, 0.25) is 0 Å². The van der Waals surface area contributed by atoms with E-state index in [1.165, 1.54) is 0 Å². The topological polar surface area (TPSA) is 71.2 Å². The van der Waals surface area contributed by atoms with E-state index < -0.39 is 0 Å². The van der Waals surface area contributed by atoms with Gasteiger partial charge in [0.15, 0.2) is 0 Å². The Kier molecular flexibility index (Phi) is 4.74. The van der Waals surface area contributed by atoms with Crippen molar-refractivity contribution >= 4 is 11.6 Å². The zero-order valence-corrected chi connectivity index (χ0v) is 11.4. The summed E-state index contributed by atoms with van der Waals surface area (Å²) in [7, 11) is 0. The van der Waals surface area contributed by atoms with Gasteiger partial charge in [0.25, 0.3) is 0 Å². The molecule has 0 radical (unpaired) electrons. The van der Waals surface area contributed by atoms with Gasteiger partial charge in [-0.2, -0.15) is 0 Å². The number of amides is 1. The highest BCUT2D eigenvalue weighted by molar-refractivity contribution is 5.79. The summed E-state index contributed by atoms with van der Waals surface area (Å²) in [5.74, 6) is 0.190. The van der Waals surface area contributed by atoms with E-state index in [4.69, 9.17) is 5.73 Å². The molecule has 1 atom stereocenters. The lowest BCUT2D eigenvalue weighted by atomic mass is 9.96. The summed E-state index contributed by atoms with van der Waals surface area (Å²) >= 11 is 0. The number of carbonyl (C=O) groups is 1. The molecule has 1 unspecified atom stereocenters. The molecule has 5 nitrogen and oxygen atoms in total. The van der Waals surface area contributed by atoms with Crippen molar-refractivity contribution in [3.63, 3.8) is 0 Å². The van der Waals surface area contributed by atoms with E-state index >= 15 is 0 Å². The van der Waals surface area contributed by atoms with Gasteiger partial charge >= 0.3 is 0 Å². The van der Waals surface area contributed by atoms with E-state index in [-0.39, 0.29) is 11.8 Å². The number of nitrogens with two attached hydrogens (primary N) is 1. The summed E-state index contributed by atoms with van der Waals surface area (Å²) in [6.45, 7) is 4.82. The minimum Gasteiger partial charge on any atom is -0.371 e. The van der Waals surface area contributed by atoms with Crippen molar-refractivity contribution in [3.05, 3.63) is 24.0 Å². The van der Waals surface area contributed by atoms with Gasteiger partial charge in [-0.25, -0.2) is 0 Å². The Balaban J connectivity index is 1.99. The van der Waals surface area contributed by atoms with Crippen molar-refractivity contribution in [3.8, 4) is 0 Å². The Labute approximate surface area is 114 Å². The molecule has 0 spiro atoms. The molecule has 1 amide bonds. The lowest BCUT2D eigenvalue weighted by Gasteiger charge is -2.33. The molecule has 1 aromatic heterocycles. The van der Waals surface area contributed by atoms with Crippen molar-refractivity contribution in [2.24, 2.45) is 11.7 Å². The molecule has 104 valence electrons. The Morgan fingerprint density at radius 2 is 2.47 bits per heavy atom. The third-order valence-corrected chi connectivity index (χ3v) is 3.48. The van der Waals surface area contributed by atoms with E-state index in [9.17, 15) is 4.79 Å². The third kappa shape index (κ3) is 3.67. The molecule has 19 heavy (non-hydrogen) atoms.